The average molecular weight is 452 g/mol. The van der Waals surface area contributed by atoms with Crippen molar-refractivity contribution in [3.05, 3.63) is 35.4 Å². The molecule has 1 fully saturated rings. The second-order valence-electron chi connectivity index (χ2n) is 6.90. The number of hydrogen-bond donors (Lipinski definition) is 4. The minimum absolute atomic E-state index is 0.0406. The van der Waals surface area contributed by atoms with Gasteiger partial charge in [-0.25, -0.2) is 4.98 Å². The van der Waals surface area contributed by atoms with Crippen LogP contribution in [0.4, 0.5) is 5.82 Å². The number of aromatic nitrogens is 4. The summed E-state index contributed by atoms with van der Waals surface area (Å²) in [4.78, 5) is 12.8. The highest BCUT2D eigenvalue weighted by Gasteiger charge is 2.44. The molecule has 0 amide bonds. The van der Waals surface area contributed by atoms with Crippen LogP contribution in [0.3, 0.4) is 0 Å². The predicted molar refractivity (Wildman–Crippen MR) is 110 cm³/mol. The number of fused-ring (bicyclic) bond motifs is 1. The molecule has 1 aliphatic heterocycles. The third-order valence-electron chi connectivity index (χ3n) is 5.12. The number of rotatable bonds is 7. The van der Waals surface area contributed by atoms with E-state index in [-0.39, 0.29) is 5.28 Å². The number of hydrogen-bond acceptors (Lipinski definition) is 10. The Balaban J connectivity index is 1.65. The average Bonchev–Trinajstić information content (AvgIpc) is 3.32. The molecular formula is C19H22ClN5O6. The second-order valence-corrected chi connectivity index (χ2v) is 7.24. The molecule has 166 valence electrons. The maximum atomic E-state index is 10.3. The first kappa shape index (κ1) is 21.5. The lowest BCUT2D eigenvalue weighted by Gasteiger charge is -2.17. The maximum Gasteiger partial charge on any atom is 0.226 e. The fourth-order valence-electron chi connectivity index (χ4n) is 3.58. The minimum atomic E-state index is -1.28. The molecule has 0 radical (unpaired) electrons. The first-order valence-corrected chi connectivity index (χ1v) is 9.82. The zero-order valence-corrected chi connectivity index (χ0v) is 17.5. The highest BCUT2D eigenvalue weighted by molar-refractivity contribution is 6.28. The number of methoxy groups -OCH3 is 2. The lowest BCUT2D eigenvalue weighted by atomic mass is 10.1. The van der Waals surface area contributed by atoms with Gasteiger partial charge in [0, 0.05) is 12.1 Å². The van der Waals surface area contributed by atoms with Crippen molar-refractivity contribution in [3.8, 4) is 11.5 Å². The minimum Gasteiger partial charge on any atom is -0.493 e. The summed E-state index contributed by atoms with van der Waals surface area (Å²) in [6, 6.07) is 5.52. The molecule has 0 spiro atoms. The van der Waals surface area contributed by atoms with Gasteiger partial charge in [0.2, 0.25) is 5.28 Å². The molecule has 0 unspecified atom stereocenters. The fraction of sp³-hybridized carbons (Fsp3) is 0.421. The Hall–Kier alpha value is -2.70. The first-order valence-electron chi connectivity index (χ1n) is 9.44. The summed E-state index contributed by atoms with van der Waals surface area (Å²) in [5.74, 6) is 1.55. The van der Waals surface area contributed by atoms with Crippen LogP contribution in [0.5, 0.6) is 11.5 Å². The van der Waals surface area contributed by atoms with Crippen LogP contribution in [-0.4, -0.2) is 74.0 Å². The monoisotopic (exact) mass is 451 g/mol. The summed E-state index contributed by atoms with van der Waals surface area (Å²) in [6.45, 7) is -0.101. The lowest BCUT2D eigenvalue weighted by Crippen LogP contribution is -2.33. The van der Waals surface area contributed by atoms with Crippen molar-refractivity contribution in [2.75, 3.05) is 26.1 Å². The van der Waals surface area contributed by atoms with E-state index < -0.39 is 31.1 Å². The van der Waals surface area contributed by atoms with Crippen LogP contribution in [-0.2, 0) is 11.3 Å². The van der Waals surface area contributed by atoms with Gasteiger partial charge in [0.1, 0.15) is 18.3 Å². The number of anilines is 1. The van der Waals surface area contributed by atoms with Gasteiger partial charge < -0.3 is 34.8 Å². The number of nitrogens with one attached hydrogen (secondary N) is 1. The van der Waals surface area contributed by atoms with Crippen LogP contribution in [0.25, 0.3) is 11.2 Å². The molecule has 0 bridgehead atoms. The Bertz CT molecular complexity index is 1080. The van der Waals surface area contributed by atoms with Crippen LogP contribution < -0.4 is 14.8 Å². The molecule has 0 saturated carbocycles. The van der Waals surface area contributed by atoms with Crippen molar-refractivity contribution >= 4 is 28.6 Å². The van der Waals surface area contributed by atoms with Crippen LogP contribution in [0.15, 0.2) is 24.5 Å². The topological polar surface area (TPSA) is 144 Å². The summed E-state index contributed by atoms with van der Waals surface area (Å²) in [5, 5.41) is 32.9. The predicted octanol–water partition coefficient (Wildman–Crippen LogP) is 0.720. The Kier molecular flexibility index (Phi) is 6.12. The molecule has 31 heavy (non-hydrogen) atoms. The van der Waals surface area contributed by atoms with E-state index in [0.717, 1.165) is 5.56 Å². The van der Waals surface area contributed by atoms with E-state index in [9.17, 15) is 15.3 Å². The van der Waals surface area contributed by atoms with Gasteiger partial charge >= 0.3 is 0 Å². The quantitative estimate of drug-likeness (QED) is 0.379. The highest BCUT2D eigenvalue weighted by Crippen LogP contribution is 2.34. The van der Waals surface area contributed by atoms with Gasteiger partial charge in [-0.2, -0.15) is 9.97 Å². The number of halogens is 1. The Morgan fingerprint density at radius 3 is 2.68 bits per heavy atom. The zero-order valence-electron chi connectivity index (χ0n) is 16.8. The fourth-order valence-corrected chi connectivity index (χ4v) is 3.75. The van der Waals surface area contributed by atoms with Crippen molar-refractivity contribution in [1.29, 1.82) is 0 Å². The number of ether oxygens (including phenoxy) is 3. The number of para-hydroxylation sites is 1. The molecule has 4 rings (SSSR count). The normalized spacial score (nSPS) is 23.3. The molecule has 3 aromatic rings. The van der Waals surface area contributed by atoms with Crippen LogP contribution in [0.1, 0.15) is 11.8 Å². The highest BCUT2D eigenvalue weighted by atomic mass is 35.5. The van der Waals surface area contributed by atoms with Crippen molar-refractivity contribution in [1.82, 2.24) is 19.5 Å². The van der Waals surface area contributed by atoms with Crippen LogP contribution in [0, 0.1) is 0 Å². The number of aliphatic hydroxyl groups excluding tert-OH is 3. The number of nitrogens with zero attached hydrogens (tertiary/aromatic N) is 4. The van der Waals surface area contributed by atoms with Gasteiger partial charge in [-0.3, -0.25) is 4.57 Å². The second kappa shape index (κ2) is 8.81. The van der Waals surface area contributed by atoms with Gasteiger partial charge in [-0.1, -0.05) is 12.1 Å². The van der Waals surface area contributed by atoms with Gasteiger partial charge in [-0.05, 0) is 17.7 Å². The van der Waals surface area contributed by atoms with Gasteiger partial charge in [0.05, 0.1) is 27.2 Å². The molecule has 4 N–H and O–H groups in total. The standard InChI is InChI=1S/C19H22ClN5O6/c1-29-10-5-3-4-9(15(10)30-2)6-21-16-12-17(24-19(20)23-16)25(8-22-12)18-14(28)13(27)11(7-26)31-18/h3-5,8,11,13-14,18,26-28H,6-7H2,1-2H3,(H,21,23,24)/t11-,13-,14-,18-/m1/s1. The molecule has 1 saturated heterocycles. The van der Waals surface area contributed by atoms with Crippen molar-refractivity contribution < 1.29 is 29.5 Å². The zero-order chi connectivity index (χ0) is 22.1. The third-order valence-corrected chi connectivity index (χ3v) is 5.29. The van der Waals surface area contributed by atoms with E-state index in [1.165, 1.54) is 10.9 Å². The molecule has 3 heterocycles. The smallest absolute Gasteiger partial charge is 0.226 e. The van der Waals surface area contributed by atoms with E-state index in [0.29, 0.717) is 35.0 Å². The molecular weight excluding hydrogens is 430 g/mol. The van der Waals surface area contributed by atoms with Gasteiger partial charge in [0.25, 0.3) is 0 Å². The Labute approximate surface area is 182 Å². The summed E-state index contributed by atoms with van der Waals surface area (Å²) < 4.78 is 17.8. The Morgan fingerprint density at radius 2 is 2.00 bits per heavy atom. The van der Waals surface area contributed by atoms with Crippen LogP contribution in [0.2, 0.25) is 5.28 Å². The molecule has 4 atom stereocenters. The third kappa shape index (κ3) is 3.86. The van der Waals surface area contributed by atoms with E-state index in [4.69, 9.17) is 25.8 Å². The number of benzene rings is 1. The Morgan fingerprint density at radius 1 is 1.19 bits per heavy atom. The summed E-state index contributed by atoms with van der Waals surface area (Å²) in [7, 11) is 3.12. The number of aliphatic hydroxyl groups is 3. The molecule has 1 aliphatic rings. The van der Waals surface area contributed by atoms with Gasteiger partial charge in [0.15, 0.2) is 34.7 Å². The van der Waals surface area contributed by atoms with E-state index in [2.05, 4.69) is 20.3 Å². The van der Waals surface area contributed by atoms with Crippen molar-refractivity contribution in [3.63, 3.8) is 0 Å². The molecule has 0 aliphatic carbocycles. The van der Waals surface area contributed by atoms with Crippen molar-refractivity contribution in [2.45, 2.75) is 31.1 Å². The largest absolute Gasteiger partial charge is 0.493 e. The van der Waals surface area contributed by atoms with Crippen LogP contribution >= 0.6 is 11.6 Å². The summed E-state index contributed by atoms with van der Waals surface area (Å²) in [5.41, 5.74) is 1.52. The maximum absolute atomic E-state index is 10.3. The van der Waals surface area contributed by atoms with E-state index in [1.807, 2.05) is 12.1 Å². The van der Waals surface area contributed by atoms with E-state index >= 15 is 0 Å². The van der Waals surface area contributed by atoms with Gasteiger partial charge in [-0.15, -0.1) is 0 Å². The van der Waals surface area contributed by atoms with E-state index in [1.54, 1.807) is 20.3 Å². The lowest BCUT2D eigenvalue weighted by molar-refractivity contribution is -0.0511. The molecule has 12 heteroatoms. The molecule has 11 nitrogen and oxygen atoms in total. The molecule has 2 aromatic heterocycles. The first-order chi connectivity index (χ1) is 15.0. The summed E-state index contributed by atoms with van der Waals surface area (Å²) in [6.07, 6.45) is -3.03. The summed E-state index contributed by atoms with van der Waals surface area (Å²) >= 11 is 6.13. The van der Waals surface area contributed by atoms with Crippen molar-refractivity contribution in [2.24, 2.45) is 0 Å². The number of imidazole rings is 1. The SMILES string of the molecule is COc1cccc(CNc2nc(Cl)nc3c2ncn3[C@@H]2O[C@H](CO)[C@@H](O)[C@H]2O)c1OC. The molecule has 1 aromatic carbocycles.